The van der Waals surface area contributed by atoms with Crippen molar-refractivity contribution in [2.75, 3.05) is 12.8 Å². The monoisotopic (exact) mass is 252 g/mol. The molecule has 0 atom stereocenters. The molecule has 0 radical (unpaired) electrons. The van der Waals surface area contributed by atoms with Gasteiger partial charge in [-0.25, -0.2) is 9.18 Å². The zero-order valence-electron chi connectivity index (χ0n) is 9.81. The van der Waals surface area contributed by atoms with Crippen LogP contribution in [-0.2, 0) is 0 Å². The molecule has 0 aliphatic heterocycles. The van der Waals surface area contributed by atoms with E-state index in [2.05, 4.69) is 4.99 Å². The van der Waals surface area contributed by atoms with Gasteiger partial charge in [-0.05, 0) is 12.1 Å². The number of rotatable bonds is 4. The Kier molecular flexibility index (Phi) is 2.94. The number of carboxylic acids is 1. The van der Waals surface area contributed by atoms with Gasteiger partial charge in [0.2, 0.25) is 0 Å². The first-order valence-electron chi connectivity index (χ1n) is 5.40. The standard InChI is InChI=1S/C12H13FN2O3/c1-18-9-5-7(11(16)17)4-8(10(9)14)6-15-12(13)2-3-12/h4-6H,2-3,14H2,1H3,(H,16,17). The number of hydrogen-bond donors (Lipinski definition) is 2. The molecular formula is C12H13FN2O3. The lowest BCUT2D eigenvalue weighted by Crippen LogP contribution is -2.04. The van der Waals surface area contributed by atoms with Gasteiger partial charge in [-0.2, -0.15) is 0 Å². The zero-order chi connectivity index (χ0) is 13.3. The highest BCUT2D eigenvalue weighted by molar-refractivity contribution is 5.96. The van der Waals surface area contributed by atoms with Crippen LogP contribution in [0.5, 0.6) is 5.75 Å². The molecule has 18 heavy (non-hydrogen) atoms. The topological polar surface area (TPSA) is 84.9 Å². The number of aromatic carboxylic acids is 1. The van der Waals surface area contributed by atoms with Gasteiger partial charge in [-0.3, -0.25) is 4.99 Å². The SMILES string of the molecule is COc1cc(C(=O)O)cc(C=NC2(F)CC2)c1N. The molecule has 6 heteroatoms. The summed E-state index contributed by atoms with van der Waals surface area (Å²) in [4.78, 5) is 14.7. The van der Waals surface area contributed by atoms with E-state index in [0.29, 0.717) is 18.4 Å². The highest BCUT2D eigenvalue weighted by Crippen LogP contribution is 2.41. The number of carbonyl (C=O) groups is 1. The van der Waals surface area contributed by atoms with Crippen LogP contribution < -0.4 is 10.5 Å². The van der Waals surface area contributed by atoms with Crippen LogP contribution in [0.2, 0.25) is 0 Å². The number of benzene rings is 1. The van der Waals surface area contributed by atoms with E-state index < -0.39 is 11.8 Å². The summed E-state index contributed by atoms with van der Waals surface area (Å²) in [5, 5.41) is 8.95. The van der Waals surface area contributed by atoms with Gasteiger partial charge in [0.15, 0.2) is 5.79 Å². The minimum Gasteiger partial charge on any atom is -0.495 e. The quantitative estimate of drug-likeness (QED) is 0.486. The summed E-state index contributed by atoms with van der Waals surface area (Å²) in [7, 11) is 1.38. The molecule has 2 rings (SSSR count). The molecule has 0 saturated heterocycles. The number of hydrogen-bond acceptors (Lipinski definition) is 4. The molecule has 3 N–H and O–H groups in total. The maximum atomic E-state index is 13.4. The van der Waals surface area contributed by atoms with Gasteiger partial charge in [-0.15, -0.1) is 0 Å². The lowest BCUT2D eigenvalue weighted by Gasteiger charge is -2.09. The molecule has 5 nitrogen and oxygen atoms in total. The summed E-state index contributed by atoms with van der Waals surface area (Å²) in [6.07, 6.45) is 2.04. The smallest absolute Gasteiger partial charge is 0.335 e. The minimum absolute atomic E-state index is 0.0196. The Morgan fingerprint density at radius 2 is 2.28 bits per heavy atom. The number of nitrogen functional groups attached to an aromatic ring is 1. The van der Waals surface area contributed by atoms with E-state index >= 15 is 0 Å². The van der Waals surface area contributed by atoms with Gasteiger partial charge in [0, 0.05) is 24.6 Å². The molecule has 0 aromatic heterocycles. The summed E-state index contributed by atoms with van der Waals surface area (Å²) in [6.45, 7) is 0. The van der Waals surface area contributed by atoms with Crippen molar-refractivity contribution in [3.05, 3.63) is 23.3 Å². The molecule has 0 unspecified atom stereocenters. The first-order chi connectivity index (χ1) is 8.45. The molecule has 0 amide bonds. The van der Waals surface area contributed by atoms with E-state index in [-0.39, 0.29) is 17.0 Å². The second-order valence-electron chi connectivity index (χ2n) is 4.16. The second-order valence-corrected chi connectivity index (χ2v) is 4.16. The van der Waals surface area contributed by atoms with Crippen LogP contribution in [-0.4, -0.2) is 30.2 Å². The lowest BCUT2D eigenvalue weighted by molar-refractivity contribution is 0.0696. The number of nitrogens with two attached hydrogens (primary N) is 1. The fourth-order valence-electron chi connectivity index (χ4n) is 1.46. The third-order valence-corrected chi connectivity index (χ3v) is 2.74. The summed E-state index contributed by atoms with van der Waals surface area (Å²) < 4.78 is 18.4. The third-order valence-electron chi connectivity index (χ3n) is 2.74. The number of methoxy groups -OCH3 is 1. The molecule has 1 aliphatic rings. The number of alkyl halides is 1. The molecule has 1 aromatic rings. The van der Waals surface area contributed by atoms with Crippen LogP contribution in [0.4, 0.5) is 10.1 Å². The van der Waals surface area contributed by atoms with Crippen LogP contribution in [0.3, 0.4) is 0 Å². The molecule has 0 bridgehead atoms. The number of ether oxygens (including phenoxy) is 1. The average molecular weight is 252 g/mol. The maximum absolute atomic E-state index is 13.4. The summed E-state index contributed by atoms with van der Waals surface area (Å²) in [5.74, 6) is -2.37. The van der Waals surface area contributed by atoms with E-state index in [1.807, 2.05) is 0 Å². The average Bonchev–Trinajstić information content (AvgIpc) is 3.06. The van der Waals surface area contributed by atoms with E-state index in [4.69, 9.17) is 15.6 Å². The number of halogens is 1. The minimum atomic E-state index is -1.50. The normalized spacial score (nSPS) is 16.8. The molecule has 1 fully saturated rings. The third kappa shape index (κ3) is 2.42. The van der Waals surface area contributed by atoms with Crippen molar-refractivity contribution in [3.8, 4) is 5.75 Å². The fourth-order valence-corrected chi connectivity index (χ4v) is 1.46. The largest absolute Gasteiger partial charge is 0.495 e. The molecule has 96 valence electrons. The number of carboxylic acid groups (broad SMARTS) is 1. The van der Waals surface area contributed by atoms with Gasteiger partial charge < -0.3 is 15.6 Å². The van der Waals surface area contributed by atoms with Crippen LogP contribution in [0.15, 0.2) is 17.1 Å². The highest BCUT2D eigenvalue weighted by Gasteiger charge is 2.42. The van der Waals surface area contributed by atoms with Crippen molar-refractivity contribution in [1.82, 2.24) is 0 Å². The van der Waals surface area contributed by atoms with E-state index in [0.717, 1.165) is 0 Å². The highest BCUT2D eigenvalue weighted by atomic mass is 19.1. The maximum Gasteiger partial charge on any atom is 0.335 e. The Morgan fingerprint density at radius 3 is 2.78 bits per heavy atom. The van der Waals surface area contributed by atoms with E-state index in [1.165, 1.54) is 25.5 Å². The second kappa shape index (κ2) is 4.29. The van der Waals surface area contributed by atoms with E-state index in [9.17, 15) is 9.18 Å². The summed E-state index contributed by atoms with van der Waals surface area (Å²) in [6, 6.07) is 2.66. The van der Waals surface area contributed by atoms with Crippen LogP contribution in [0.25, 0.3) is 0 Å². The Hall–Kier alpha value is -2.11. The number of anilines is 1. The molecule has 1 aromatic carbocycles. The van der Waals surface area contributed by atoms with Crippen LogP contribution in [0, 0.1) is 0 Å². The van der Waals surface area contributed by atoms with Crippen molar-refractivity contribution in [2.45, 2.75) is 18.6 Å². The van der Waals surface area contributed by atoms with Crippen molar-refractivity contribution in [1.29, 1.82) is 0 Å². The van der Waals surface area contributed by atoms with Crippen molar-refractivity contribution in [2.24, 2.45) is 4.99 Å². The molecule has 0 heterocycles. The van der Waals surface area contributed by atoms with Gasteiger partial charge in [0.05, 0.1) is 18.4 Å². The predicted molar refractivity (Wildman–Crippen MR) is 65.0 cm³/mol. The van der Waals surface area contributed by atoms with Crippen LogP contribution in [0.1, 0.15) is 28.8 Å². The fraction of sp³-hybridized carbons (Fsp3) is 0.333. The van der Waals surface area contributed by atoms with Crippen molar-refractivity contribution < 1.29 is 19.0 Å². The summed E-state index contributed by atoms with van der Waals surface area (Å²) >= 11 is 0. The Morgan fingerprint density at radius 1 is 1.61 bits per heavy atom. The van der Waals surface area contributed by atoms with Gasteiger partial charge in [0.25, 0.3) is 0 Å². The zero-order valence-corrected chi connectivity index (χ0v) is 9.81. The summed E-state index contributed by atoms with van der Waals surface area (Å²) in [5.41, 5.74) is 6.39. The molecule has 0 spiro atoms. The van der Waals surface area contributed by atoms with Crippen molar-refractivity contribution in [3.63, 3.8) is 0 Å². The molecule has 1 aliphatic carbocycles. The Balaban J connectivity index is 2.41. The predicted octanol–water partition coefficient (Wildman–Crippen LogP) is 1.85. The van der Waals surface area contributed by atoms with E-state index in [1.54, 1.807) is 0 Å². The molecular weight excluding hydrogens is 239 g/mol. The number of aliphatic imine (C=N–C) groups is 1. The van der Waals surface area contributed by atoms with Gasteiger partial charge in [0.1, 0.15) is 5.75 Å². The lowest BCUT2D eigenvalue weighted by atomic mass is 10.1. The molecule has 1 saturated carbocycles. The Bertz CT molecular complexity index is 524. The van der Waals surface area contributed by atoms with Gasteiger partial charge >= 0.3 is 5.97 Å². The van der Waals surface area contributed by atoms with Crippen LogP contribution >= 0.6 is 0 Å². The Labute approximate surface area is 103 Å². The number of nitrogens with zero attached hydrogens (tertiary/aromatic N) is 1. The first kappa shape index (κ1) is 12.3. The van der Waals surface area contributed by atoms with Crippen molar-refractivity contribution >= 4 is 17.9 Å². The first-order valence-corrected chi connectivity index (χ1v) is 5.40. The van der Waals surface area contributed by atoms with Gasteiger partial charge in [-0.1, -0.05) is 0 Å².